The number of ether oxygens (including phenoxy) is 1. The van der Waals surface area contributed by atoms with Crippen LogP contribution in [0.15, 0.2) is 18.3 Å². The summed E-state index contributed by atoms with van der Waals surface area (Å²) in [7, 11) is 0. The van der Waals surface area contributed by atoms with Crippen molar-refractivity contribution in [2.75, 3.05) is 24.5 Å². The minimum atomic E-state index is 0.271. The van der Waals surface area contributed by atoms with Crippen molar-refractivity contribution < 1.29 is 4.74 Å². The van der Waals surface area contributed by atoms with E-state index in [4.69, 9.17) is 4.74 Å². The van der Waals surface area contributed by atoms with E-state index in [0.717, 1.165) is 38.4 Å². The molecule has 1 aliphatic heterocycles. The number of nitrogens with zero attached hydrogens (tertiary/aromatic N) is 2. The molecule has 1 fully saturated rings. The average Bonchev–Trinajstić information content (AvgIpc) is 2.38. The molecule has 0 aromatic carbocycles. The molecule has 0 aliphatic carbocycles. The van der Waals surface area contributed by atoms with Gasteiger partial charge in [0.05, 0.1) is 12.2 Å². The zero-order valence-electron chi connectivity index (χ0n) is 12.2. The molecule has 1 N–H and O–H groups in total. The van der Waals surface area contributed by atoms with Gasteiger partial charge in [0.25, 0.3) is 0 Å². The van der Waals surface area contributed by atoms with Crippen LogP contribution in [0.1, 0.15) is 32.8 Å². The molecule has 2 heterocycles. The summed E-state index contributed by atoms with van der Waals surface area (Å²) < 4.78 is 5.77. The summed E-state index contributed by atoms with van der Waals surface area (Å²) >= 11 is 0. The third-order valence-electron chi connectivity index (χ3n) is 3.31. The highest BCUT2D eigenvalue weighted by molar-refractivity contribution is 5.41. The van der Waals surface area contributed by atoms with Crippen molar-refractivity contribution in [3.8, 4) is 0 Å². The van der Waals surface area contributed by atoms with Crippen LogP contribution in [0.2, 0.25) is 0 Å². The van der Waals surface area contributed by atoms with Gasteiger partial charge in [-0.3, -0.25) is 0 Å². The van der Waals surface area contributed by atoms with Crippen LogP contribution in [-0.4, -0.2) is 36.8 Å². The number of aromatic nitrogens is 1. The van der Waals surface area contributed by atoms with Gasteiger partial charge in [-0.15, -0.1) is 0 Å². The van der Waals surface area contributed by atoms with E-state index in [2.05, 4.69) is 48.1 Å². The van der Waals surface area contributed by atoms with Gasteiger partial charge in [-0.2, -0.15) is 0 Å². The molecule has 4 heteroatoms. The predicted molar refractivity (Wildman–Crippen MR) is 78.5 cm³/mol. The van der Waals surface area contributed by atoms with Crippen molar-refractivity contribution in [1.29, 1.82) is 0 Å². The first-order valence-corrected chi connectivity index (χ1v) is 7.25. The normalized spacial score (nSPS) is 23.6. The highest BCUT2D eigenvalue weighted by Crippen LogP contribution is 2.19. The number of nitrogens with one attached hydrogen (secondary N) is 1. The molecule has 2 unspecified atom stereocenters. The minimum absolute atomic E-state index is 0.271. The van der Waals surface area contributed by atoms with Crippen LogP contribution in [0.4, 0.5) is 5.82 Å². The summed E-state index contributed by atoms with van der Waals surface area (Å²) in [6.07, 6.45) is 3.61. The first kappa shape index (κ1) is 14.3. The van der Waals surface area contributed by atoms with E-state index in [1.165, 1.54) is 5.56 Å². The molecule has 1 saturated heterocycles. The van der Waals surface area contributed by atoms with Gasteiger partial charge in [0.15, 0.2) is 0 Å². The van der Waals surface area contributed by atoms with Crippen molar-refractivity contribution in [3.05, 3.63) is 23.9 Å². The summed E-state index contributed by atoms with van der Waals surface area (Å²) in [5.74, 6) is 1.07. The molecule has 1 aromatic rings. The van der Waals surface area contributed by atoms with Crippen LogP contribution in [0.5, 0.6) is 0 Å². The number of rotatable bonds is 5. The van der Waals surface area contributed by atoms with Gasteiger partial charge in [-0.25, -0.2) is 4.98 Å². The summed E-state index contributed by atoms with van der Waals surface area (Å²) in [4.78, 5) is 6.82. The van der Waals surface area contributed by atoms with Crippen molar-refractivity contribution in [2.24, 2.45) is 0 Å². The standard InChI is InChI=1S/C15H25N3O/c1-4-6-16-9-14-5-7-17-15(8-14)18-10-12(2)19-13(3)11-18/h5,7-8,12-13,16H,4,6,9-11H2,1-3H3. The Labute approximate surface area is 116 Å². The lowest BCUT2D eigenvalue weighted by Crippen LogP contribution is -2.45. The van der Waals surface area contributed by atoms with Gasteiger partial charge in [-0.1, -0.05) is 6.92 Å². The quantitative estimate of drug-likeness (QED) is 0.826. The Balaban J connectivity index is 2.01. The molecule has 0 amide bonds. The van der Waals surface area contributed by atoms with Crippen LogP contribution in [-0.2, 0) is 11.3 Å². The fourth-order valence-electron chi connectivity index (χ4n) is 2.52. The summed E-state index contributed by atoms with van der Waals surface area (Å²) in [6, 6.07) is 4.27. The van der Waals surface area contributed by atoms with Gasteiger partial charge < -0.3 is 15.0 Å². The Morgan fingerprint density at radius 3 is 2.79 bits per heavy atom. The predicted octanol–water partition coefficient (Wildman–Crippen LogP) is 2.19. The third-order valence-corrected chi connectivity index (χ3v) is 3.31. The lowest BCUT2D eigenvalue weighted by molar-refractivity contribution is -0.00546. The van der Waals surface area contributed by atoms with Crippen LogP contribution < -0.4 is 10.2 Å². The maximum absolute atomic E-state index is 5.77. The highest BCUT2D eigenvalue weighted by Gasteiger charge is 2.23. The Morgan fingerprint density at radius 1 is 1.37 bits per heavy atom. The summed E-state index contributed by atoms with van der Waals surface area (Å²) in [5, 5.41) is 3.43. The van der Waals surface area contributed by atoms with Crippen molar-refractivity contribution in [2.45, 2.75) is 45.9 Å². The number of pyridine rings is 1. The number of anilines is 1. The molecule has 0 saturated carbocycles. The van der Waals surface area contributed by atoms with Gasteiger partial charge in [0.1, 0.15) is 5.82 Å². The largest absolute Gasteiger partial charge is 0.372 e. The molecule has 4 nitrogen and oxygen atoms in total. The maximum Gasteiger partial charge on any atom is 0.128 e. The Kier molecular flexibility index (Phi) is 5.16. The zero-order valence-corrected chi connectivity index (χ0v) is 12.2. The first-order valence-electron chi connectivity index (χ1n) is 7.25. The van der Waals surface area contributed by atoms with E-state index in [-0.39, 0.29) is 12.2 Å². The molecule has 106 valence electrons. The Bertz CT molecular complexity index is 387. The molecule has 2 rings (SSSR count). The van der Waals surface area contributed by atoms with E-state index in [9.17, 15) is 0 Å². The van der Waals surface area contributed by atoms with E-state index in [1.807, 2.05) is 6.20 Å². The van der Waals surface area contributed by atoms with E-state index >= 15 is 0 Å². The summed E-state index contributed by atoms with van der Waals surface area (Å²) in [6.45, 7) is 10.2. The minimum Gasteiger partial charge on any atom is -0.372 e. The molecule has 0 spiro atoms. The molecular formula is C15H25N3O. The van der Waals surface area contributed by atoms with Crippen molar-refractivity contribution in [3.63, 3.8) is 0 Å². The second-order valence-corrected chi connectivity index (χ2v) is 5.36. The maximum atomic E-state index is 5.77. The lowest BCUT2D eigenvalue weighted by atomic mass is 10.2. The lowest BCUT2D eigenvalue weighted by Gasteiger charge is -2.36. The van der Waals surface area contributed by atoms with Gasteiger partial charge in [0, 0.05) is 25.8 Å². The smallest absolute Gasteiger partial charge is 0.128 e. The van der Waals surface area contributed by atoms with Crippen LogP contribution in [0.3, 0.4) is 0 Å². The molecule has 0 radical (unpaired) electrons. The molecule has 1 aromatic heterocycles. The second-order valence-electron chi connectivity index (χ2n) is 5.36. The molecular weight excluding hydrogens is 238 g/mol. The van der Waals surface area contributed by atoms with E-state index < -0.39 is 0 Å². The Morgan fingerprint density at radius 2 is 2.11 bits per heavy atom. The molecule has 0 bridgehead atoms. The van der Waals surface area contributed by atoms with Crippen molar-refractivity contribution in [1.82, 2.24) is 10.3 Å². The first-order chi connectivity index (χ1) is 9.19. The van der Waals surface area contributed by atoms with E-state index in [0.29, 0.717) is 0 Å². The van der Waals surface area contributed by atoms with E-state index in [1.54, 1.807) is 0 Å². The van der Waals surface area contributed by atoms with Gasteiger partial charge in [-0.05, 0) is 44.5 Å². The fraction of sp³-hybridized carbons (Fsp3) is 0.667. The molecule has 2 atom stereocenters. The molecule has 19 heavy (non-hydrogen) atoms. The van der Waals surface area contributed by atoms with Gasteiger partial charge in [0.2, 0.25) is 0 Å². The summed E-state index contributed by atoms with van der Waals surface area (Å²) in [5.41, 5.74) is 1.30. The van der Waals surface area contributed by atoms with Crippen LogP contribution in [0.25, 0.3) is 0 Å². The highest BCUT2D eigenvalue weighted by atomic mass is 16.5. The number of morpholine rings is 1. The van der Waals surface area contributed by atoms with Crippen LogP contribution in [0, 0.1) is 0 Å². The van der Waals surface area contributed by atoms with Gasteiger partial charge >= 0.3 is 0 Å². The van der Waals surface area contributed by atoms with Crippen molar-refractivity contribution >= 4 is 5.82 Å². The Hall–Kier alpha value is -1.13. The topological polar surface area (TPSA) is 37.4 Å². The third kappa shape index (κ3) is 4.18. The zero-order chi connectivity index (χ0) is 13.7. The average molecular weight is 263 g/mol. The second kappa shape index (κ2) is 6.87. The van der Waals surface area contributed by atoms with Crippen LogP contribution >= 0.6 is 0 Å². The monoisotopic (exact) mass is 263 g/mol. The number of hydrogen-bond donors (Lipinski definition) is 1. The molecule has 1 aliphatic rings. The SMILES string of the molecule is CCCNCc1ccnc(N2CC(C)OC(C)C2)c1. The fourth-order valence-corrected chi connectivity index (χ4v) is 2.52. The number of hydrogen-bond acceptors (Lipinski definition) is 4.